The summed E-state index contributed by atoms with van der Waals surface area (Å²) in [6.45, 7) is 0. The largest absolute Gasteiger partial charge is 0.453 e. The molecule has 0 unspecified atom stereocenters. The van der Waals surface area contributed by atoms with Crippen LogP contribution in [0.1, 0.15) is 0 Å². The Morgan fingerprint density at radius 1 is 1.04 bits per heavy atom. The molecule has 0 aromatic heterocycles. The van der Waals surface area contributed by atoms with Crippen molar-refractivity contribution in [3.63, 3.8) is 0 Å². The van der Waals surface area contributed by atoms with Crippen LogP contribution in [0.25, 0.3) is 0 Å². The Bertz CT molecular complexity index is 826. The van der Waals surface area contributed by atoms with Gasteiger partial charge >= 0.3 is 6.09 Å². The summed E-state index contributed by atoms with van der Waals surface area (Å²) < 4.78 is 55.9. The van der Waals surface area contributed by atoms with Gasteiger partial charge in [0.25, 0.3) is 15.8 Å². The number of thioether (sulfide) groups is 1. The van der Waals surface area contributed by atoms with Crippen molar-refractivity contribution in [2.24, 2.45) is 0 Å². The molecule has 0 atom stereocenters. The molecule has 2 aromatic carbocycles. The molecule has 0 heterocycles. The van der Waals surface area contributed by atoms with Crippen molar-refractivity contribution in [1.29, 1.82) is 0 Å². The summed E-state index contributed by atoms with van der Waals surface area (Å²) in [5.41, 5.74) is 0.620. The minimum absolute atomic E-state index is 0.0195. The van der Waals surface area contributed by atoms with Gasteiger partial charge in [-0.2, -0.15) is 8.78 Å². The number of amides is 1. The average Bonchev–Trinajstić information content (AvgIpc) is 2.56. The summed E-state index contributed by atoms with van der Waals surface area (Å²) in [5.74, 6) is -2.54. The van der Waals surface area contributed by atoms with Gasteiger partial charge in [-0.1, -0.05) is 11.8 Å². The lowest BCUT2D eigenvalue weighted by atomic mass is 10.3. The maximum Gasteiger partial charge on any atom is 0.411 e. The van der Waals surface area contributed by atoms with Gasteiger partial charge in [-0.15, -0.1) is 0 Å². The van der Waals surface area contributed by atoms with Crippen LogP contribution in [-0.4, -0.2) is 27.4 Å². The lowest BCUT2D eigenvalue weighted by molar-refractivity contribution is 0.187. The quantitative estimate of drug-likeness (QED) is 0.731. The molecule has 0 saturated heterocycles. The molecule has 6 nitrogen and oxygen atoms in total. The number of hydrogen-bond acceptors (Lipinski definition) is 5. The van der Waals surface area contributed by atoms with E-state index in [4.69, 9.17) is 0 Å². The Kier molecular flexibility index (Phi) is 6.21. The number of sulfonamides is 1. The first-order valence-electron chi connectivity index (χ1n) is 6.83. The molecule has 0 bridgehead atoms. The van der Waals surface area contributed by atoms with E-state index in [0.717, 1.165) is 0 Å². The zero-order valence-electron chi connectivity index (χ0n) is 12.9. The first-order chi connectivity index (χ1) is 11.8. The van der Waals surface area contributed by atoms with Gasteiger partial charge in [0.1, 0.15) is 0 Å². The number of anilines is 2. The van der Waals surface area contributed by atoms with Crippen LogP contribution >= 0.6 is 11.8 Å². The fourth-order valence-electron chi connectivity index (χ4n) is 1.80. The first kappa shape index (κ1) is 19.0. The number of methoxy groups -OCH3 is 1. The monoisotopic (exact) mass is 388 g/mol. The molecule has 0 radical (unpaired) electrons. The Morgan fingerprint density at radius 3 is 2.12 bits per heavy atom. The van der Waals surface area contributed by atoms with Crippen LogP contribution in [0.4, 0.5) is 25.0 Å². The third-order valence-corrected chi connectivity index (χ3v) is 5.05. The third kappa shape index (κ3) is 5.61. The van der Waals surface area contributed by atoms with Crippen molar-refractivity contribution in [3.8, 4) is 0 Å². The predicted molar refractivity (Wildman–Crippen MR) is 91.6 cm³/mol. The number of carbonyl (C=O) groups is 1. The minimum atomic E-state index is -3.85. The predicted octanol–water partition coefficient (Wildman–Crippen LogP) is 3.98. The maximum absolute atomic E-state index is 12.3. The fourth-order valence-corrected chi connectivity index (χ4v) is 3.36. The normalized spacial score (nSPS) is 11.2. The molecule has 1 amide bonds. The third-order valence-electron chi connectivity index (χ3n) is 2.93. The molecule has 0 aliphatic carbocycles. The molecule has 2 N–H and O–H groups in total. The standard InChI is InChI=1S/C15H14F2N2O4S2/c1-23-15(20)18-10-4-8-13(9-5-10)25(21,22)19-11-2-6-12(7-3-11)24-14(16)17/h2-9,14,19H,1H3,(H,18,20). The van der Waals surface area contributed by atoms with E-state index in [-0.39, 0.29) is 10.6 Å². The molecule has 0 aliphatic heterocycles. The van der Waals surface area contributed by atoms with Crippen molar-refractivity contribution in [3.05, 3.63) is 48.5 Å². The van der Waals surface area contributed by atoms with E-state index in [1.807, 2.05) is 0 Å². The lowest BCUT2D eigenvalue weighted by Gasteiger charge is -2.10. The molecule has 25 heavy (non-hydrogen) atoms. The van der Waals surface area contributed by atoms with Crippen molar-refractivity contribution in [2.75, 3.05) is 17.1 Å². The van der Waals surface area contributed by atoms with E-state index in [2.05, 4.69) is 14.8 Å². The number of hydrogen-bond donors (Lipinski definition) is 2. The van der Waals surface area contributed by atoms with Gasteiger partial charge in [-0.3, -0.25) is 10.0 Å². The summed E-state index contributed by atoms with van der Waals surface area (Å²) >= 11 is 0.374. The smallest absolute Gasteiger partial charge is 0.411 e. The van der Waals surface area contributed by atoms with Crippen LogP contribution in [0.5, 0.6) is 0 Å². The molecule has 0 aliphatic rings. The molecular formula is C15H14F2N2O4S2. The number of carbonyl (C=O) groups excluding carboxylic acids is 1. The van der Waals surface area contributed by atoms with Gasteiger partial charge in [0, 0.05) is 16.3 Å². The van der Waals surface area contributed by atoms with Crippen LogP contribution in [0.3, 0.4) is 0 Å². The van der Waals surface area contributed by atoms with Gasteiger partial charge < -0.3 is 4.74 Å². The molecule has 2 aromatic rings. The lowest BCUT2D eigenvalue weighted by Crippen LogP contribution is -2.14. The Hall–Kier alpha value is -2.33. The zero-order valence-corrected chi connectivity index (χ0v) is 14.5. The van der Waals surface area contributed by atoms with E-state index in [0.29, 0.717) is 22.3 Å². The topological polar surface area (TPSA) is 84.5 Å². The second kappa shape index (κ2) is 8.17. The van der Waals surface area contributed by atoms with E-state index >= 15 is 0 Å². The molecular weight excluding hydrogens is 374 g/mol. The van der Waals surface area contributed by atoms with E-state index < -0.39 is 21.9 Å². The molecule has 0 saturated carbocycles. The molecule has 2 rings (SSSR count). The van der Waals surface area contributed by atoms with Gasteiger partial charge in [0.15, 0.2) is 0 Å². The highest BCUT2D eigenvalue weighted by Crippen LogP contribution is 2.27. The zero-order chi connectivity index (χ0) is 18.4. The minimum Gasteiger partial charge on any atom is -0.453 e. The van der Waals surface area contributed by atoms with Crippen molar-refractivity contribution in [2.45, 2.75) is 15.5 Å². The molecule has 134 valence electrons. The number of nitrogens with one attached hydrogen (secondary N) is 2. The van der Waals surface area contributed by atoms with Gasteiger partial charge in [-0.25, -0.2) is 13.2 Å². The summed E-state index contributed by atoms with van der Waals surface area (Å²) in [4.78, 5) is 11.4. The van der Waals surface area contributed by atoms with Crippen LogP contribution in [0.15, 0.2) is 58.3 Å². The van der Waals surface area contributed by atoms with E-state index in [1.165, 1.54) is 55.6 Å². The van der Waals surface area contributed by atoms with Crippen LogP contribution in [-0.2, 0) is 14.8 Å². The van der Waals surface area contributed by atoms with Gasteiger partial charge in [0.05, 0.1) is 12.0 Å². The maximum atomic E-state index is 12.3. The van der Waals surface area contributed by atoms with Crippen LogP contribution in [0.2, 0.25) is 0 Å². The number of halogens is 2. The van der Waals surface area contributed by atoms with Gasteiger partial charge in [0.2, 0.25) is 0 Å². The first-order valence-corrected chi connectivity index (χ1v) is 9.19. The highest BCUT2D eigenvalue weighted by molar-refractivity contribution is 7.99. The van der Waals surface area contributed by atoms with E-state index in [1.54, 1.807) is 0 Å². The average molecular weight is 388 g/mol. The van der Waals surface area contributed by atoms with Gasteiger partial charge in [-0.05, 0) is 48.5 Å². The second-order valence-corrected chi connectivity index (χ2v) is 7.40. The molecule has 10 heteroatoms. The number of rotatable bonds is 6. The fraction of sp³-hybridized carbons (Fsp3) is 0.133. The summed E-state index contributed by atoms with van der Waals surface area (Å²) in [6.07, 6.45) is -0.671. The molecule has 0 fully saturated rings. The second-order valence-electron chi connectivity index (χ2n) is 4.65. The van der Waals surface area contributed by atoms with Crippen LogP contribution < -0.4 is 10.0 Å². The van der Waals surface area contributed by atoms with Crippen molar-refractivity contribution < 1.29 is 26.7 Å². The SMILES string of the molecule is COC(=O)Nc1ccc(S(=O)(=O)Nc2ccc(SC(F)F)cc2)cc1. The number of alkyl halides is 2. The van der Waals surface area contributed by atoms with E-state index in [9.17, 15) is 22.0 Å². The highest BCUT2D eigenvalue weighted by atomic mass is 32.2. The van der Waals surface area contributed by atoms with Crippen molar-refractivity contribution in [1.82, 2.24) is 0 Å². The summed E-state index contributed by atoms with van der Waals surface area (Å²) in [7, 11) is -2.64. The van der Waals surface area contributed by atoms with Crippen molar-refractivity contribution >= 4 is 39.3 Å². The summed E-state index contributed by atoms with van der Waals surface area (Å²) in [5, 5.41) is 2.40. The Labute approximate surface area is 147 Å². The number of benzene rings is 2. The summed E-state index contributed by atoms with van der Waals surface area (Å²) in [6, 6.07) is 11.0. The Morgan fingerprint density at radius 2 is 1.60 bits per heavy atom. The number of ether oxygens (including phenoxy) is 1. The Balaban J connectivity index is 2.09. The highest BCUT2D eigenvalue weighted by Gasteiger charge is 2.15. The molecule has 0 spiro atoms. The van der Waals surface area contributed by atoms with Crippen LogP contribution in [0, 0.1) is 0 Å².